The van der Waals surface area contributed by atoms with Gasteiger partial charge in [0.15, 0.2) is 0 Å². The molecule has 1 aromatic rings. The summed E-state index contributed by atoms with van der Waals surface area (Å²) >= 11 is 0. The molecule has 4 nitrogen and oxygen atoms in total. The molecule has 0 N–H and O–H groups in total. The zero-order valence-electron chi connectivity index (χ0n) is 12.7. The maximum absolute atomic E-state index is 5.83. The van der Waals surface area contributed by atoms with Gasteiger partial charge in [0, 0.05) is 6.54 Å². The molecular formula is C15H22BNO3. The van der Waals surface area contributed by atoms with Gasteiger partial charge < -0.3 is 18.9 Å². The summed E-state index contributed by atoms with van der Waals surface area (Å²) in [6.45, 7) is 9.35. The highest BCUT2D eigenvalue weighted by Gasteiger charge is 2.42. The van der Waals surface area contributed by atoms with Crippen molar-refractivity contribution in [1.82, 2.24) is 4.90 Å². The van der Waals surface area contributed by atoms with E-state index in [1.165, 1.54) is 0 Å². The second-order valence-electron chi connectivity index (χ2n) is 5.72. The van der Waals surface area contributed by atoms with E-state index >= 15 is 0 Å². The van der Waals surface area contributed by atoms with E-state index in [4.69, 9.17) is 14.0 Å². The second-order valence-corrected chi connectivity index (χ2v) is 5.72. The van der Waals surface area contributed by atoms with Crippen LogP contribution in [-0.2, 0) is 9.31 Å². The molecule has 0 spiro atoms. The Morgan fingerprint density at radius 1 is 1.25 bits per heavy atom. The average molecular weight is 275 g/mol. The lowest BCUT2D eigenvalue weighted by molar-refractivity contribution is 0.173. The first kappa shape index (κ1) is 14.9. The third-order valence-corrected chi connectivity index (χ3v) is 3.28. The summed E-state index contributed by atoms with van der Waals surface area (Å²) in [5.74, 6) is 1.51. The van der Waals surface area contributed by atoms with E-state index in [2.05, 4.69) is 11.5 Å². The van der Waals surface area contributed by atoms with Crippen LogP contribution in [0.3, 0.4) is 0 Å². The zero-order chi connectivity index (χ0) is 14.8. The van der Waals surface area contributed by atoms with Crippen LogP contribution in [0.4, 0.5) is 0 Å². The number of benzene rings is 1. The van der Waals surface area contributed by atoms with E-state index in [0.29, 0.717) is 12.4 Å². The molecule has 0 amide bonds. The molecule has 20 heavy (non-hydrogen) atoms. The van der Waals surface area contributed by atoms with Gasteiger partial charge in [0.25, 0.3) is 0 Å². The predicted octanol–water partition coefficient (Wildman–Crippen LogP) is 1.66. The lowest BCUT2D eigenvalue weighted by Crippen LogP contribution is -2.34. The number of nitrogens with zero attached hydrogens (tertiary/aromatic N) is 1. The van der Waals surface area contributed by atoms with E-state index in [1.54, 1.807) is 0 Å². The van der Waals surface area contributed by atoms with Crippen molar-refractivity contribution in [2.24, 2.45) is 0 Å². The average Bonchev–Trinajstić information content (AvgIpc) is 2.64. The highest BCUT2D eigenvalue weighted by Crippen LogP contribution is 2.29. The Bertz CT molecular complexity index is 471. The van der Waals surface area contributed by atoms with Gasteiger partial charge in [0.1, 0.15) is 18.0 Å². The fourth-order valence-corrected chi connectivity index (χ4v) is 1.83. The van der Waals surface area contributed by atoms with Gasteiger partial charge in [-0.1, -0.05) is 18.7 Å². The molecule has 0 atom stereocenters. The second kappa shape index (κ2) is 5.89. The van der Waals surface area contributed by atoms with Crippen molar-refractivity contribution in [2.75, 3.05) is 27.2 Å². The van der Waals surface area contributed by atoms with Crippen LogP contribution >= 0.6 is 0 Å². The van der Waals surface area contributed by atoms with E-state index in [-0.39, 0.29) is 7.12 Å². The summed E-state index contributed by atoms with van der Waals surface area (Å²) in [5.41, 5.74) is 0.530. The van der Waals surface area contributed by atoms with Crippen molar-refractivity contribution in [1.29, 1.82) is 0 Å². The molecule has 1 aliphatic heterocycles. The van der Waals surface area contributed by atoms with Gasteiger partial charge in [-0.25, -0.2) is 0 Å². The SMILES string of the molecule is C=C1OB(c2ccc(OCCN(C)C)cc2)OC1(C)C. The van der Waals surface area contributed by atoms with Crippen molar-refractivity contribution >= 4 is 12.6 Å². The summed E-state index contributed by atoms with van der Waals surface area (Å²) in [7, 11) is 3.67. The van der Waals surface area contributed by atoms with Crippen LogP contribution < -0.4 is 10.2 Å². The van der Waals surface area contributed by atoms with Gasteiger partial charge in [-0.15, -0.1) is 0 Å². The van der Waals surface area contributed by atoms with E-state index < -0.39 is 5.60 Å². The topological polar surface area (TPSA) is 30.9 Å². The molecule has 0 radical (unpaired) electrons. The maximum Gasteiger partial charge on any atom is 0.563 e. The summed E-state index contributed by atoms with van der Waals surface area (Å²) in [4.78, 5) is 2.09. The molecule has 1 aliphatic rings. The van der Waals surface area contributed by atoms with Gasteiger partial charge >= 0.3 is 7.12 Å². The standard InChI is InChI=1S/C15H22BNO3/c1-12-15(2,3)20-16(19-12)13-6-8-14(9-7-13)18-11-10-17(4)5/h6-9H,1,10-11H2,2-5H3. The number of hydrogen-bond donors (Lipinski definition) is 0. The maximum atomic E-state index is 5.83. The third kappa shape index (κ3) is 3.55. The molecule has 2 rings (SSSR count). The minimum absolute atomic E-state index is 0.381. The van der Waals surface area contributed by atoms with E-state index in [0.717, 1.165) is 17.8 Å². The third-order valence-electron chi connectivity index (χ3n) is 3.28. The first-order valence-electron chi connectivity index (χ1n) is 6.80. The molecule has 0 saturated carbocycles. The predicted molar refractivity (Wildman–Crippen MR) is 81.3 cm³/mol. The van der Waals surface area contributed by atoms with Crippen LogP contribution in [0, 0.1) is 0 Å². The summed E-state index contributed by atoms with van der Waals surface area (Å²) in [5, 5.41) is 0. The summed E-state index contributed by atoms with van der Waals surface area (Å²) in [6, 6.07) is 7.80. The molecule has 0 aromatic heterocycles. The Balaban J connectivity index is 1.94. The molecule has 1 aromatic carbocycles. The van der Waals surface area contributed by atoms with Crippen molar-refractivity contribution < 1.29 is 14.0 Å². The van der Waals surface area contributed by atoms with Crippen molar-refractivity contribution in [2.45, 2.75) is 19.4 Å². The largest absolute Gasteiger partial charge is 0.563 e. The van der Waals surface area contributed by atoms with Crippen LogP contribution in [0.15, 0.2) is 36.6 Å². The molecule has 1 heterocycles. The summed E-state index contributed by atoms with van der Waals surface area (Å²) in [6.07, 6.45) is 0. The minimum atomic E-state index is -0.439. The Hall–Kier alpha value is -1.46. The monoisotopic (exact) mass is 275 g/mol. The first-order valence-corrected chi connectivity index (χ1v) is 6.80. The fraction of sp³-hybridized carbons (Fsp3) is 0.467. The smallest absolute Gasteiger partial charge is 0.534 e. The lowest BCUT2D eigenvalue weighted by atomic mass is 9.79. The van der Waals surface area contributed by atoms with Crippen LogP contribution in [0.5, 0.6) is 5.75 Å². The van der Waals surface area contributed by atoms with E-state index in [9.17, 15) is 0 Å². The van der Waals surface area contributed by atoms with Gasteiger partial charge in [0.05, 0.1) is 5.76 Å². The Morgan fingerprint density at radius 2 is 1.90 bits per heavy atom. The fourth-order valence-electron chi connectivity index (χ4n) is 1.83. The molecule has 0 bridgehead atoms. The lowest BCUT2D eigenvalue weighted by Gasteiger charge is -2.15. The highest BCUT2D eigenvalue weighted by molar-refractivity contribution is 6.62. The van der Waals surface area contributed by atoms with Crippen LogP contribution in [-0.4, -0.2) is 44.9 Å². The molecule has 0 unspecified atom stereocenters. The van der Waals surface area contributed by atoms with Gasteiger partial charge in [-0.3, -0.25) is 0 Å². The van der Waals surface area contributed by atoms with Crippen molar-refractivity contribution in [3.63, 3.8) is 0 Å². The number of ether oxygens (including phenoxy) is 1. The molecule has 108 valence electrons. The number of rotatable bonds is 5. The highest BCUT2D eigenvalue weighted by atomic mass is 16.7. The van der Waals surface area contributed by atoms with Crippen molar-refractivity contribution in [3.8, 4) is 5.75 Å². The molecule has 1 saturated heterocycles. The Labute approximate surface area is 121 Å². The number of likely N-dealkylation sites (N-methyl/N-ethyl adjacent to an activating group) is 1. The normalized spacial score (nSPS) is 17.4. The Morgan fingerprint density at radius 3 is 2.40 bits per heavy atom. The van der Waals surface area contributed by atoms with E-state index in [1.807, 2.05) is 52.2 Å². The summed E-state index contributed by atoms with van der Waals surface area (Å²) < 4.78 is 17.1. The van der Waals surface area contributed by atoms with Crippen LogP contribution in [0.2, 0.25) is 0 Å². The van der Waals surface area contributed by atoms with Gasteiger partial charge in [0.2, 0.25) is 0 Å². The zero-order valence-corrected chi connectivity index (χ0v) is 12.7. The molecule has 0 aliphatic carbocycles. The molecular weight excluding hydrogens is 253 g/mol. The first-order chi connectivity index (χ1) is 9.38. The van der Waals surface area contributed by atoms with Gasteiger partial charge in [-0.05, 0) is 45.5 Å². The molecule has 1 fully saturated rings. The molecule has 5 heteroatoms. The quantitative estimate of drug-likeness (QED) is 0.765. The van der Waals surface area contributed by atoms with Crippen LogP contribution in [0.1, 0.15) is 13.8 Å². The van der Waals surface area contributed by atoms with Gasteiger partial charge in [-0.2, -0.15) is 0 Å². The van der Waals surface area contributed by atoms with Crippen LogP contribution in [0.25, 0.3) is 0 Å². The minimum Gasteiger partial charge on any atom is -0.534 e. The number of hydrogen-bond acceptors (Lipinski definition) is 4. The Kier molecular flexibility index (Phi) is 4.40. The van der Waals surface area contributed by atoms with Crippen molar-refractivity contribution in [3.05, 3.63) is 36.6 Å².